The third-order valence-corrected chi connectivity index (χ3v) is 4.18. The Morgan fingerprint density at radius 2 is 1.14 bits per heavy atom. The van der Waals surface area contributed by atoms with Crippen molar-refractivity contribution in [2.45, 2.75) is 5.92 Å². The lowest BCUT2D eigenvalue weighted by Crippen LogP contribution is -2.38. The highest BCUT2D eigenvalue weighted by molar-refractivity contribution is 5.87. The maximum absolute atomic E-state index is 12.8. The van der Waals surface area contributed by atoms with Crippen molar-refractivity contribution in [3.8, 4) is 5.75 Å². The number of benzene rings is 3. The fourth-order valence-corrected chi connectivity index (χ4v) is 2.87. The standard InChI is InChI=1S/C23H22N2O3/c26-22(24-16-17-25-23(27)28-20-14-8-3-9-15-20)21(18-10-4-1-5-11-18)19-12-6-2-7-13-19/h1-15,21H,16-17H2,(H,24,26)(H,25,27). The first-order valence-corrected chi connectivity index (χ1v) is 9.12. The number of ether oxygens (including phenoxy) is 1. The number of hydrogen-bond donors (Lipinski definition) is 2. The van der Waals surface area contributed by atoms with Gasteiger partial charge in [0.1, 0.15) is 5.75 Å². The molecule has 2 amide bonds. The lowest BCUT2D eigenvalue weighted by atomic mass is 9.90. The van der Waals surface area contributed by atoms with Gasteiger partial charge in [-0.15, -0.1) is 0 Å². The van der Waals surface area contributed by atoms with Crippen LogP contribution in [0.1, 0.15) is 17.0 Å². The van der Waals surface area contributed by atoms with Crippen LogP contribution < -0.4 is 15.4 Å². The van der Waals surface area contributed by atoms with Crippen LogP contribution in [0.15, 0.2) is 91.0 Å². The third-order valence-electron chi connectivity index (χ3n) is 4.18. The Kier molecular flexibility index (Phi) is 6.79. The Morgan fingerprint density at radius 1 is 0.679 bits per heavy atom. The van der Waals surface area contributed by atoms with E-state index in [-0.39, 0.29) is 12.5 Å². The number of para-hydroxylation sites is 1. The van der Waals surface area contributed by atoms with Crippen molar-refractivity contribution in [2.24, 2.45) is 0 Å². The van der Waals surface area contributed by atoms with Crippen LogP contribution >= 0.6 is 0 Å². The van der Waals surface area contributed by atoms with E-state index in [0.717, 1.165) is 11.1 Å². The normalized spacial score (nSPS) is 10.3. The Hall–Kier alpha value is -3.60. The zero-order chi connectivity index (χ0) is 19.6. The van der Waals surface area contributed by atoms with Crippen molar-refractivity contribution in [1.29, 1.82) is 0 Å². The molecule has 5 nitrogen and oxygen atoms in total. The second-order valence-corrected chi connectivity index (χ2v) is 6.17. The monoisotopic (exact) mass is 374 g/mol. The van der Waals surface area contributed by atoms with Crippen LogP contribution in [0.4, 0.5) is 4.79 Å². The van der Waals surface area contributed by atoms with E-state index in [0.29, 0.717) is 12.3 Å². The van der Waals surface area contributed by atoms with E-state index in [2.05, 4.69) is 10.6 Å². The summed E-state index contributed by atoms with van der Waals surface area (Å²) in [6.45, 7) is 0.576. The SMILES string of the molecule is O=C(NCCNC(=O)C(c1ccccc1)c1ccccc1)Oc1ccccc1. The quantitative estimate of drug-likeness (QED) is 0.620. The van der Waals surface area contributed by atoms with E-state index in [1.165, 1.54) is 0 Å². The molecule has 0 aromatic heterocycles. The summed E-state index contributed by atoms with van der Waals surface area (Å²) in [4.78, 5) is 24.6. The Morgan fingerprint density at radius 3 is 1.68 bits per heavy atom. The fourth-order valence-electron chi connectivity index (χ4n) is 2.87. The van der Waals surface area contributed by atoms with Gasteiger partial charge >= 0.3 is 6.09 Å². The summed E-state index contributed by atoms with van der Waals surface area (Å²) in [5.74, 6) is -0.0495. The van der Waals surface area contributed by atoms with Gasteiger partial charge in [-0.1, -0.05) is 78.9 Å². The number of nitrogens with one attached hydrogen (secondary N) is 2. The molecule has 0 unspecified atom stereocenters. The molecule has 3 rings (SSSR count). The second-order valence-electron chi connectivity index (χ2n) is 6.17. The van der Waals surface area contributed by atoms with Gasteiger partial charge in [0, 0.05) is 13.1 Å². The van der Waals surface area contributed by atoms with Crippen LogP contribution in [0.5, 0.6) is 5.75 Å². The molecule has 0 aliphatic rings. The molecule has 28 heavy (non-hydrogen) atoms. The highest BCUT2D eigenvalue weighted by Gasteiger charge is 2.22. The van der Waals surface area contributed by atoms with Gasteiger partial charge in [-0.05, 0) is 23.3 Å². The first-order chi connectivity index (χ1) is 13.7. The Balaban J connectivity index is 1.54. The second kappa shape index (κ2) is 9.92. The Labute approximate surface area is 164 Å². The topological polar surface area (TPSA) is 67.4 Å². The van der Waals surface area contributed by atoms with Crippen molar-refractivity contribution in [2.75, 3.05) is 13.1 Å². The summed E-state index contributed by atoms with van der Waals surface area (Å²) < 4.78 is 5.14. The number of hydrogen-bond acceptors (Lipinski definition) is 3. The van der Waals surface area contributed by atoms with Crippen LogP contribution in [0, 0.1) is 0 Å². The number of carbonyl (C=O) groups excluding carboxylic acids is 2. The highest BCUT2D eigenvalue weighted by Crippen LogP contribution is 2.24. The molecule has 0 aliphatic heterocycles. The van der Waals surface area contributed by atoms with Gasteiger partial charge in [0.15, 0.2) is 0 Å². The molecule has 3 aromatic rings. The summed E-state index contributed by atoms with van der Waals surface area (Å²) in [7, 11) is 0. The molecule has 0 saturated carbocycles. The van der Waals surface area contributed by atoms with E-state index >= 15 is 0 Å². The molecule has 5 heteroatoms. The average molecular weight is 374 g/mol. The minimum atomic E-state index is -0.553. The summed E-state index contributed by atoms with van der Waals surface area (Å²) >= 11 is 0. The van der Waals surface area contributed by atoms with Crippen LogP contribution in [0.3, 0.4) is 0 Å². The molecular weight excluding hydrogens is 352 g/mol. The molecule has 0 spiro atoms. The highest BCUT2D eigenvalue weighted by atomic mass is 16.6. The lowest BCUT2D eigenvalue weighted by molar-refractivity contribution is -0.121. The minimum absolute atomic E-state index is 0.115. The molecular formula is C23H22N2O3. The van der Waals surface area contributed by atoms with E-state index in [4.69, 9.17) is 4.74 Å². The first-order valence-electron chi connectivity index (χ1n) is 9.12. The van der Waals surface area contributed by atoms with Crippen molar-refractivity contribution in [3.63, 3.8) is 0 Å². The largest absolute Gasteiger partial charge is 0.412 e. The van der Waals surface area contributed by atoms with Gasteiger partial charge in [-0.25, -0.2) is 4.79 Å². The molecule has 142 valence electrons. The van der Waals surface area contributed by atoms with Gasteiger partial charge in [0.2, 0.25) is 5.91 Å². The van der Waals surface area contributed by atoms with Crippen molar-refractivity contribution >= 4 is 12.0 Å². The van der Waals surface area contributed by atoms with E-state index < -0.39 is 12.0 Å². The number of carbonyl (C=O) groups is 2. The average Bonchev–Trinajstić information content (AvgIpc) is 2.74. The van der Waals surface area contributed by atoms with Gasteiger partial charge in [0.25, 0.3) is 0 Å². The summed E-state index contributed by atoms with van der Waals surface area (Å²) in [6, 6.07) is 28.1. The summed E-state index contributed by atoms with van der Waals surface area (Å²) in [5.41, 5.74) is 1.84. The van der Waals surface area contributed by atoms with Crippen molar-refractivity contribution in [3.05, 3.63) is 102 Å². The van der Waals surface area contributed by atoms with Gasteiger partial charge in [-0.2, -0.15) is 0 Å². The van der Waals surface area contributed by atoms with Gasteiger partial charge in [-0.3, -0.25) is 4.79 Å². The van der Waals surface area contributed by atoms with Gasteiger partial charge in [0.05, 0.1) is 5.92 Å². The predicted molar refractivity (Wildman–Crippen MR) is 108 cm³/mol. The van der Waals surface area contributed by atoms with E-state index in [1.54, 1.807) is 24.3 Å². The van der Waals surface area contributed by atoms with Crippen LogP contribution in [-0.4, -0.2) is 25.1 Å². The van der Waals surface area contributed by atoms with E-state index in [9.17, 15) is 9.59 Å². The van der Waals surface area contributed by atoms with Crippen LogP contribution in [0.2, 0.25) is 0 Å². The fraction of sp³-hybridized carbons (Fsp3) is 0.130. The van der Waals surface area contributed by atoms with Crippen LogP contribution in [-0.2, 0) is 4.79 Å². The van der Waals surface area contributed by atoms with E-state index in [1.807, 2.05) is 66.7 Å². The maximum atomic E-state index is 12.8. The minimum Gasteiger partial charge on any atom is -0.410 e. The molecule has 0 radical (unpaired) electrons. The van der Waals surface area contributed by atoms with Gasteiger partial charge < -0.3 is 15.4 Å². The molecule has 0 bridgehead atoms. The number of rotatable bonds is 7. The zero-order valence-corrected chi connectivity index (χ0v) is 15.4. The van der Waals surface area contributed by atoms with Crippen molar-refractivity contribution in [1.82, 2.24) is 10.6 Å². The smallest absolute Gasteiger partial charge is 0.410 e. The first kappa shape index (κ1) is 19.2. The summed E-state index contributed by atoms with van der Waals surface area (Å²) in [5, 5.41) is 5.52. The Bertz CT molecular complexity index is 844. The molecule has 2 N–H and O–H groups in total. The molecule has 0 aliphatic carbocycles. The molecule has 3 aromatic carbocycles. The molecule has 0 heterocycles. The van der Waals surface area contributed by atoms with Crippen LogP contribution in [0.25, 0.3) is 0 Å². The summed E-state index contributed by atoms with van der Waals surface area (Å²) in [6.07, 6.45) is -0.553. The maximum Gasteiger partial charge on any atom is 0.412 e. The third kappa shape index (κ3) is 5.45. The number of amides is 2. The molecule has 0 atom stereocenters. The predicted octanol–water partition coefficient (Wildman–Crippen LogP) is 3.72. The molecule has 0 saturated heterocycles. The van der Waals surface area contributed by atoms with Crippen molar-refractivity contribution < 1.29 is 14.3 Å². The lowest BCUT2D eigenvalue weighted by Gasteiger charge is -2.18. The zero-order valence-electron chi connectivity index (χ0n) is 15.4. The molecule has 0 fully saturated rings.